The standard InChI is InChI=1S/C21H26F2O4S/c1-10-6-12-13-8-15(22)14-7-11(24)4-5-18(14,2)20(13,23)16(25)9-19(12,3)21(10,27)17(26)28/h4-5,7,10,12-13,15-16,25,27H,6,8-9H2,1-3H3,(H,26,28)/t10-,12+,13?,15+,16+,18+,19+,20+,21+/m1/s1. The Hall–Kier alpha value is -1.05. The van der Waals surface area contributed by atoms with Crippen LogP contribution >= 0.6 is 12.6 Å². The highest BCUT2D eigenvalue weighted by molar-refractivity contribution is 7.96. The third kappa shape index (κ3) is 2.03. The summed E-state index contributed by atoms with van der Waals surface area (Å²) < 4.78 is 32.0. The Kier molecular flexibility index (Phi) is 4.16. The quantitative estimate of drug-likeness (QED) is 0.579. The average molecular weight is 412 g/mol. The number of thiol groups is 1. The number of aliphatic hydroxyl groups excluding tert-OH is 1. The Balaban J connectivity index is 1.88. The zero-order valence-corrected chi connectivity index (χ0v) is 17.0. The molecule has 0 aromatic carbocycles. The van der Waals surface area contributed by atoms with Crippen molar-refractivity contribution in [2.75, 3.05) is 0 Å². The number of ketones is 1. The van der Waals surface area contributed by atoms with Crippen molar-refractivity contribution in [2.45, 2.75) is 63.6 Å². The first-order chi connectivity index (χ1) is 12.8. The first-order valence-electron chi connectivity index (χ1n) is 9.76. The summed E-state index contributed by atoms with van der Waals surface area (Å²) in [6, 6.07) is 0. The van der Waals surface area contributed by atoms with Crippen LogP contribution in [-0.4, -0.2) is 44.7 Å². The maximum atomic E-state index is 16.8. The topological polar surface area (TPSA) is 74.6 Å². The van der Waals surface area contributed by atoms with Gasteiger partial charge in [-0.05, 0) is 55.7 Å². The molecule has 0 aromatic heterocycles. The second-order valence-corrected chi connectivity index (χ2v) is 9.97. The lowest BCUT2D eigenvalue weighted by molar-refractivity contribution is -0.221. The molecule has 28 heavy (non-hydrogen) atoms. The molecule has 4 aliphatic rings. The van der Waals surface area contributed by atoms with Crippen LogP contribution in [0, 0.1) is 28.6 Å². The Morgan fingerprint density at radius 3 is 2.54 bits per heavy atom. The molecule has 0 amide bonds. The average Bonchev–Trinajstić information content (AvgIpc) is 2.81. The lowest BCUT2D eigenvalue weighted by atomic mass is 9.44. The van der Waals surface area contributed by atoms with Crippen molar-refractivity contribution in [3.63, 3.8) is 0 Å². The van der Waals surface area contributed by atoms with E-state index in [-0.39, 0.29) is 18.4 Å². The van der Waals surface area contributed by atoms with E-state index in [0.29, 0.717) is 6.42 Å². The van der Waals surface area contributed by atoms with Gasteiger partial charge in [-0.25, -0.2) is 8.78 Å². The van der Waals surface area contributed by atoms with E-state index in [9.17, 15) is 19.8 Å². The van der Waals surface area contributed by atoms with Gasteiger partial charge in [0.15, 0.2) is 11.5 Å². The zero-order valence-electron chi connectivity index (χ0n) is 16.2. The van der Waals surface area contributed by atoms with Crippen LogP contribution < -0.4 is 0 Å². The molecule has 1 unspecified atom stereocenters. The van der Waals surface area contributed by atoms with Gasteiger partial charge in [-0.3, -0.25) is 9.59 Å². The van der Waals surface area contributed by atoms with Crippen LogP contribution in [0.25, 0.3) is 0 Å². The van der Waals surface area contributed by atoms with Crippen LogP contribution in [0.2, 0.25) is 0 Å². The minimum atomic E-state index is -2.20. The number of fused-ring (bicyclic) bond motifs is 5. The maximum Gasteiger partial charge on any atom is 0.218 e. The van der Waals surface area contributed by atoms with Gasteiger partial charge in [-0.15, -0.1) is 12.6 Å². The summed E-state index contributed by atoms with van der Waals surface area (Å²) >= 11 is 3.90. The number of rotatable bonds is 1. The van der Waals surface area contributed by atoms with Gasteiger partial charge in [0.25, 0.3) is 0 Å². The van der Waals surface area contributed by atoms with E-state index < -0.39 is 63.0 Å². The van der Waals surface area contributed by atoms with E-state index >= 15 is 8.78 Å². The number of halogens is 2. The van der Waals surface area contributed by atoms with E-state index in [1.165, 1.54) is 19.1 Å². The maximum absolute atomic E-state index is 16.8. The third-order valence-corrected chi connectivity index (χ3v) is 8.88. The normalized spacial score (nSPS) is 55.2. The van der Waals surface area contributed by atoms with E-state index in [4.69, 9.17) is 0 Å². The van der Waals surface area contributed by atoms with E-state index in [1.54, 1.807) is 13.8 Å². The fourth-order valence-corrected chi connectivity index (χ4v) is 7.47. The summed E-state index contributed by atoms with van der Waals surface area (Å²) in [4.78, 5) is 24.1. The van der Waals surface area contributed by atoms with Gasteiger partial charge in [-0.1, -0.05) is 19.9 Å². The second-order valence-electron chi connectivity index (χ2n) is 9.57. The Labute approximate surface area is 168 Å². The summed E-state index contributed by atoms with van der Waals surface area (Å²) in [5.41, 5.74) is -6.53. The molecule has 0 spiro atoms. The largest absolute Gasteiger partial charge is 0.390 e. The predicted octanol–water partition coefficient (Wildman–Crippen LogP) is 2.74. The van der Waals surface area contributed by atoms with Gasteiger partial charge in [0.1, 0.15) is 11.8 Å². The number of carbonyl (C=O) groups excluding carboxylic acids is 2. The Morgan fingerprint density at radius 2 is 1.93 bits per heavy atom. The highest BCUT2D eigenvalue weighted by Crippen LogP contribution is 2.71. The molecule has 7 heteroatoms. The highest BCUT2D eigenvalue weighted by Gasteiger charge is 2.76. The molecule has 3 fully saturated rings. The number of allylic oxidation sites excluding steroid dienone is 4. The highest BCUT2D eigenvalue weighted by atomic mass is 32.1. The number of carbonyl (C=O) groups is 2. The van der Waals surface area contributed by atoms with Crippen LogP contribution in [-0.2, 0) is 9.59 Å². The molecule has 0 aromatic rings. The van der Waals surface area contributed by atoms with Gasteiger partial charge in [-0.2, -0.15) is 0 Å². The molecule has 0 aliphatic heterocycles. The smallest absolute Gasteiger partial charge is 0.218 e. The molecule has 4 rings (SSSR count). The second kappa shape index (κ2) is 5.76. The molecule has 2 N–H and O–H groups in total. The SMILES string of the molecule is C[C@@H]1C[C@H]2C3C[C@H](F)C4=CC(=O)C=C[C@]4(C)[C@@]3(F)[C@@H](O)C[C@]2(C)[C@@]1(O)C(=O)S. The van der Waals surface area contributed by atoms with Gasteiger partial charge >= 0.3 is 0 Å². The van der Waals surface area contributed by atoms with Crippen molar-refractivity contribution in [1.29, 1.82) is 0 Å². The van der Waals surface area contributed by atoms with Crippen LogP contribution in [0.15, 0.2) is 23.8 Å². The zero-order chi connectivity index (χ0) is 20.9. The first-order valence-corrected chi connectivity index (χ1v) is 10.2. The molecule has 3 saturated carbocycles. The number of hydrogen-bond acceptors (Lipinski definition) is 4. The van der Waals surface area contributed by atoms with Crippen LogP contribution in [0.3, 0.4) is 0 Å². The van der Waals surface area contributed by atoms with Crippen molar-refractivity contribution in [1.82, 2.24) is 0 Å². The summed E-state index contributed by atoms with van der Waals surface area (Å²) in [6.07, 6.45) is 0.703. The predicted molar refractivity (Wildman–Crippen MR) is 102 cm³/mol. The van der Waals surface area contributed by atoms with Crippen LogP contribution in [0.4, 0.5) is 8.78 Å². The fraction of sp³-hybridized carbons (Fsp3) is 0.714. The Bertz CT molecular complexity index is 827. The minimum absolute atomic E-state index is 0.0629. The van der Waals surface area contributed by atoms with Crippen LogP contribution in [0.5, 0.6) is 0 Å². The van der Waals surface area contributed by atoms with Crippen molar-refractivity contribution in [3.05, 3.63) is 23.8 Å². The molecular weight excluding hydrogens is 386 g/mol. The molecular formula is C21H26F2O4S. The number of alkyl halides is 2. The number of hydrogen-bond donors (Lipinski definition) is 3. The van der Waals surface area contributed by atoms with Gasteiger partial charge in [0, 0.05) is 16.7 Å². The summed E-state index contributed by atoms with van der Waals surface area (Å²) in [5, 5.41) is 21.6. The molecule has 0 heterocycles. The van der Waals surface area contributed by atoms with Gasteiger partial charge < -0.3 is 10.2 Å². The summed E-state index contributed by atoms with van der Waals surface area (Å²) in [5.74, 6) is -2.29. The first kappa shape index (κ1) is 20.2. The van der Waals surface area contributed by atoms with E-state index in [1.807, 2.05) is 0 Å². The molecule has 154 valence electrons. The monoisotopic (exact) mass is 412 g/mol. The van der Waals surface area contributed by atoms with Gasteiger partial charge in [0.2, 0.25) is 5.12 Å². The van der Waals surface area contributed by atoms with Crippen molar-refractivity contribution < 1.29 is 28.6 Å². The molecule has 9 atom stereocenters. The fourth-order valence-electron chi connectivity index (χ4n) is 7.00. The molecule has 0 bridgehead atoms. The van der Waals surface area contributed by atoms with Crippen molar-refractivity contribution in [2.24, 2.45) is 28.6 Å². The van der Waals surface area contributed by atoms with E-state index in [0.717, 1.165) is 6.08 Å². The third-order valence-electron chi connectivity index (χ3n) is 8.54. The van der Waals surface area contributed by atoms with Crippen molar-refractivity contribution in [3.8, 4) is 0 Å². The Morgan fingerprint density at radius 1 is 1.29 bits per heavy atom. The van der Waals surface area contributed by atoms with Crippen molar-refractivity contribution >= 4 is 23.5 Å². The molecule has 0 radical (unpaired) electrons. The molecule has 4 aliphatic carbocycles. The summed E-state index contributed by atoms with van der Waals surface area (Å²) in [6.45, 7) is 4.92. The minimum Gasteiger partial charge on any atom is -0.390 e. The lowest BCUT2D eigenvalue weighted by Crippen LogP contribution is -2.70. The van der Waals surface area contributed by atoms with E-state index in [2.05, 4.69) is 12.6 Å². The summed E-state index contributed by atoms with van der Waals surface area (Å²) in [7, 11) is 0. The molecule has 0 saturated heterocycles. The van der Waals surface area contributed by atoms with Gasteiger partial charge in [0.05, 0.1) is 6.10 Å². The van der Waals surface area contributed by atoms with Crippen LogP contribution in [0.1, 0.15) is 40.0 Å². The molecule has 4 nitrogen and oxygen atoms in total. The lowest BCUT2D eigenvalue weighted by Gasteiger charge is -2.62. The number of aliphatic hydroxyl groups is 2.